The normalized spacial score (nSPS) is 10.5. The Morgan fingerprint density at radius 2 is 1.58 bits per heavy atom. The van der Waals surface area contributed by atoms with E-state index >= 15 is 0 Å². The van der Waals surface area contributed by atoms with Crippen LogP contribution in [0.4, 0.5) is 0 Å². The summed E-state index contributed by atoms with van der Waals surface area (Å²) in [5.74, 6) is -2.18. The number of amides is 1. The van der Waals surface area contributed by atoms with Crippen LogP contribution in [0.1, 0.15) is 10.5 Å². The molecule has 3 aromatic rings. The molecule has 0 aliphatic carbocycles. The van der Waals surface area contributed by atoms with Gasteiger partial charge in [-0.3, -0.25) is 9.59 Å². The molecule has 0 spiro atoms. The number of pyridine rings is 1. The number of carboxylic acids is 1. The van der Waals surface area contributed by atoms with Gasteiger partial charge in [0.1, 0.15) is 6.54 Å². The van der Waals surface area contributed by atoms with Gasteiger partial charge in [-0.2, -0.15) is 0 Å². The van der Waals surface area contributed by atoms with Gasteiger partial charge in [0.05, 0.1) is 5.69 Å². The number of carboxylic acid groups (broad SMARTS) is 1. The van der Waals surface area contributed by atoms with Gasteiger partial charge in [-0.1, -0.05) is 54.6 Å². The average molecular weight is 322 g/mol. The number of aromatic nitrogens is 1. The molecule has 0 radical (unpaired) electrons. The van der Waals surface area contributed by atoms with Gasteiger partial charge in [-0.15, -0.1) is 0 Å². The second-order valence-electron chi connectivity index (χ2n) is 5.15. The number of rotatable bonds is 4. The molecule has 1 amide bonds. The molecule has 2 aromatic carbocycles. The van der Waals surface area contributed by atoms with E-state index in [-0.39, 0.29) is 11.4 Å². The van der Waals surface area contributed by atoms with Crippen LogP contribution in [-0.2, 0) is 4.79 Å². The fraction of sp³-hybridized carbons (Fsp3) is 0.0556. The number of benzene rings is 2. The first kappa shape index (κ1) is 15.5. The van der Waals surface area contributed by atoms with Crippen molar-refractivity contribution in [1.29, 1.82) is 0 Å². The van der Waals surface area contributed by atoms with Crippen molar-refractivity contribution < 1.29 is 19.8 Å². The standard InChI is InChI=1S/C18H14N2O4/c21-14(22)10-19-18(24)16-17(23)13-9-5-4-8-12(13)15(20-16)11-6-2-1-3-7-11/h1-9,23H,10H2,(H,19,24)(H,21,22). The van der Waals surface area contributed by atoms with E-state index in [4.69, 9.17) is 5.11 Å². The van der Waals surface area contributed by atoms with Gasteiger partial charge in [0.2, 0.25) is 0 Å². The highest BCUT2D eigenvalue weighted by molar-refractivity contribution is 6.06. The Kier molecular flexibility index (Phi) is 4.11. The second-order valence-corrected chi connectivity index (χ2v) is 5.15. The molecule has 120 valence electrons. The number of carbonyl (C=O) groups is 2. The molecule has 0 saturated carbocycles. The van der Waals surface area contributed by atoms with Gasteiger partial charge in [0.15, 0.2) is 11.4 Å². The Labute approximate surface area is 137 Å². The van der Waals surface area contributed by atoms with Gasteiger partial charge < -0.3 is 15.5 Å². The van der Waals surface area contributed by atoms with E-state index in [0.717, 1.165) is 5.56 Å². The summed E-state index contributed by atoms with van der Waals surface area (Å²) in [6.07, 6.45) is 0. The van der Waals surface area contributed by atoms with Crippen molar-refractivity contribution in [2.24, 2.45) is 0 Å². The molecule has 24 heavy (non-hydrogen) atoms. The van der Waals surface area contributed by atoms with E-state index in [0.29, 0.717) is 16.5 Å². The highest BCUT2D eigenvalue weighted by atomic mass is 16.4. The molecular weight excluding hydrogens is 308 g/mol. The summed E-state index contributed by atoms with van der Waals surface area (Å²) in [5, 5.41) is 22.5. The minimum atomic E-state index is -1.17. The number of carbonyl (C=O) groups excluding carboxylic acids is 1. The summed E-state index contributed by atoms with van der Waals surface area (Å²) in [6.45, 7) is -0.548. The van der Waals surface area contributed by atoms with Gasteiger partial charge in [0.25, 0.3) is 5.91 Å². The van der Waals surface area contributed by atoms with Gasteiger partial charge in [-0.05, 0) is 0 Å². The highest BCUT2D eigenvalue weighted by Gasteiger charge is 2.20. The summed E-state index contributed by atoms with van der Waals surface area (Å²) in [5.41, 5.74) is 1.14. The van der Waals surface area contributed by atoms with Crippen LogP contribution in [-0.4, -0.2) is 33.6 Å². The molecule has 0 unspecified atom stereocenters. The first-order valence-electron chi connectivity index (χ1n) is 7.25. The van der Waals surface area contributed by atoms with Crippen molar-refractivity contribution in [3.63, 3.8) is 0 Å². The molecule has 3 rings (SSSR count). The molecular formula is C18H14N2O4. The van der Waals surface area contributed by atoms with Crippen molar-refractivity contribution in [2.45, 2.75) is 0 Å². The fourth-order valence-electron chi connectivity index (χ4n) is 2.46. The third-order valence-electron chi connectivity index (χ3n) is 3.55. The monoisotopic (exact) mass is 322 g/mol. The van der Waals surface area contributed by atoms with Crippen molar-refractivity contribution >= 4 is 22.6 Å². The summed E-state index contributed by atoms with van der Waals surface area (Å²) in [7, 11) is 0. The van der Waals surface area contributed by atoms with E-state index in [9.17, 15) is 14.7 Å². The maximum Gasteiger partial charge on any atom is 0.322 e. The number of aromatic hydroxyl groups is 1. The van der Waals surface area contributed by atoms with E-state index in [1.165, 1.54) is 0 Å². The van der Waals surface area contributed by atoms with Crippen LogP contribution in [0, 0.1) is 0 Å². The molecule has 0 atom stereocenters. The zero-order valence-corrected chi connectivity index (χ0v) is 12.6. The maximum absolute atomic E-state index is 12.2. The SMILES string of the molecule is O=C(O)CNC(=O)c1nc(-c2ccccc2)c2ccccc2c1O. The Morgan fingerprint density at radius 1 is 0.958 bits per heavy atom. The number of nitrogens with one attached hydrogen (secondary N) is 1. The molecule has 0 saturated heterocycles. The van der Waals surface area contributed by atoms with Crippen LogP contribution in [0.25, 0.3) is 22.0 Å². The first-order valence-corrected chi connectivity index (χ1v) is 7.25. The maximum atomic E-state index is 12.2. The fourth-order valence-corrected chi connectivity index (χ4v) is 2.46. The van der Waals surface area contributed by atoms with Crippen LogP contribution >= 0.6 is 0 Å². The molecule has 6 heteroatoms. The lowest BCUT2D eigenvalue weighted by molar-refractivity contribution is -0.135. The summed E-state index contributed by atoms with van der Waals surface area (Å²) in [4.78, 5) is 27.1. The molecule has 1 heterocycles. The Morgan fingerprint density at radius 3 is 2.25 bits per heavy atom. The third-order valence-corrected chi connectivity index (χ3v) is 3.55. The number of hydrogen-bond acceptors (Lipinski definition) is 4. The lowest BCUT2D eigenvalue weighted by atomic mass is 10.0. The molecule has 0 aliphatic heterocycles. The molecule has 0 aliphatic rings. The molecule has 0 bridgehead atoms. The van der Waals surface area contributed by atoms with Gasteiger partial charge >= 0.3 is 5.97 Å². The summed E-state index contributed by atoms with van der Waals surface area (Å²) in [6, 6.07) is 16.3. The predicted molar refractivity (Wildman–Crippen MR) is 88.8 cm³/mol. The smallest absolute Gasteiger partial charge is 0.322 e. The third kappa shape index (κ3) is 2.89. The Hall–Kier alpha value is -3.41. The van der Waals surface area contributed by atoms with Gasteiger partial charge in [-0.25, -0.2) is 4.98 Å². The zero-order chi connectivity index (χ0) is 17.1. The second kappa shape index (κ2) is 6.37. The van der Waals surface area contributed by atoms with Crippen LogP contribution in [0.3, 0.4) is 0 Å². The number of aliphatic carboxylic acids is 1. The van der Waals surface area contributed by atoms with Crippen molar-refractivity contribution in [3.8, 4) is 17.0 Å². The van der Waals surface area contributed by atoms with E-state index in [2.05, 4.69) is 10.3 Å². The number of fused-ring (bicyclic) bond motifs is 1. The Bertz CT molecular complexity index is 923. The van der Waals surface area contributed by atoms with E-state index in [1.807, 2.05) is 42.5 Å². The number of hydrogen-bond donors (Lipinski definition) is 3. The zero-order valence-electron chi connectivity index (χ0n) is 12.6. The molecule has 0 fully saturated rings. The van der Waals surface area contributed by atoms with Crippen LogP contribution in [0.5, 0.6) is 5.75 Å². The Balaban J connectivity index is 2.19. The minimum absolute atomic E-state index is 0.200. The van der Waals surface area contributed by atoms with Crippen LogP contribution in [0.15, 0.2) is 54.6 Å². The lowest BCUT2D eigenvalue weighted by Crippen LogP contribution is -2.30. The largest absolute Gasteiger partial charge is 0.505 e. The number of nitrogens with zero attached hydrogens (tertiary/aromatic N) is 1. The minimum Gasteiger partial charge on any atom is -0.505 e. The van der Waals surface area contributed by atoms with Crippen molar-refractivity contribution in [1.82, 2.24) is 10.3 Å². The van der Waals surface area contributed by atoms with Crippen LogP contribution in [0.2, 0.25) is 0 Å². The van der Waals surface area contributed by atoms with E-state index < -0.39 is 18.4 Å². The van der Waals surface area contributed by atoms with E-state index in [1.54, 1.807) is 12.1 Å². The van der Waals surface area contributed by atoms with Crippen LogP contribution < -0.4 is 5.32 Å². The van der Waals surface area contributed by atoms with Gasteiger partial charge in [0, 0.05) is 16.3 Å². The topological polar surface area (TPSA) is 99.5 Å². The lowest BCUT2D eigenvalue weighted by Gasteiger charge is -2.12. The molecule has 1 aromatic heterocycles. The average Bonchev–Trinajstić information content (AvgIpc) is 2.61. The van der Waals surface area contributed by atoms with Crippen molar-refractivity contribution in [2.75, 3.05) is 6.54 Å². The van der Waals surface area contributed by atoms with Crippen molar-refractivity contribution in [3.05, 3.63) is 60.3 Å². The predicted octanol–water partition coefficient (Wildman–Crippen LogP) is 2.42. The molecule has 6 nitrogen and oxygen atoms in total. The quantitative estimate of drug-likeness (QED) is 0.685. The first-order chi connectivity index (χ1) is 11.6. The summed E-state index contributed by atoms with van der Waals surface area (Å²) >= 11 is 0. The highest BCUT2D eigenvalue weighted by Crippen LogP contribution is 2.34. The summed E-state index contributed by atoms with van der Waals surface area (Å²) < 4.78 is 0. The molecule has 3 N–H and O–H groups in total.